The lowest BCUT2D eigenvalue weighted by Crippen LogP contribution is -2.18. The van der Waals surface area contributed by atoms with Gasteiger partial charge in [-0.2, -0.15) is 5.10 Å². The second-order valence-electron chi connectivity index (χ2n) is 5.10. The summed E-state index contributed by atoms with van der Waals surface area (Å²) in [4.78, 5) is 8.75. The van der Waals surface area contributed by atoms with Crippen LogP contribution in [0.15, 0.2) is 30.0 Å². The zero-order chi connectivity index (χ0) is 14.1. The Morgan fingerprint density at radius 2 is 2.20 bits per heavy atom. The van der Waals surface area contributed by atoms with Gasteiger partial charge < -0.3 is 5.73 Å². The van der Waals surface area contributed by atoms with Gasteiger partial charge in [-0.15, -0.1) is 11.3 Å². The van der Waals surface area contributed by atoms with E-state index in [0.717, 1.165) is 16.9 Å². The smallest absolute Gasteiger partial charge is 0.138 e. The Kier molecular flexibility index (Phi) is 3.50. The minimum absolute atomic E-state index is 0.115. The summed E-state index contributed by atoms with van der Waals surface area (Å²) in [6.45, 7) is 4.17. The van der Waals surface area contributed by atoms with E-state index in [1.54, 1.807) is 17.7 Å². The fourth-order valence-electron chi connectivity index (χ4n) is 2.23. The Morgan fingerprint density at radius 3 is 3.00 bits per heavy atom. The van der Waals surface area contributed by atoms with Gasteiger partial charge in [0, 0.05) is 24.7 Å². The average molecular weight is 287 g/mol. The summed E-state index contributed by atoms with van der Waals surface area (Å²) in [6, 6.07) is 4.31. The quantitative estimate of drug-likeness (QED) is 0.801. The molecule has 0 fully saturated rings. The first-order chi connectivity index (χ1) is 9.65. The highest BCUT2D eigenvalue weighted by atomic mass is 32.1. The number of hydrogen-bond donors (Lipinski definition) is 1. The average Bonchev–Trinajstić information content (AvgIpc) is 3.05. The molecular weight excluding hydrogens is 270 g/mol. The molecule has 0 saturated carbocycles. The molecule has 0 radical (unpaired) electrons. The van der Waals surface area contributed by atoms with E-state index in [2.05, 4.69) is 35.0 Å². The highest BCUT2D eigenvalue weighted by molar-refractivity contribution is 7.17. The maximum Gasteiger partial charge on any atom is 0.138 e. The molecular formula is C14H17N5S. The number of fused-ring (bicyclic) bond motifs is 1. The zero-order valence-corrected chi connectivity index (χ0v) is 12.3. The third kappa shape index (κ3) is 2.44. The minimum atomic E-state index is -0.115. The first-order valence-electron chi connectivity index (χ1n) is 6.62. The van der Waals surface area contributed by atoms with Crippen molar-refractivity contribution >= 4 is 21.6 Å². The van der Waals surface area contributed by atoms with Gasteiger partial charge in [-0.05, 0) is 36.9 Å². The van der Waals surface area contributed by atoms with Crippen molar-refractivity contribution in [1.29, 1.82) is 0 Å². The molecule has 3 aromatic rings. The van der Waals surface area contributed by atoms with Crippen LogP contribution in [-0.2, 0) is 6.42 Å². The second kappa shape index (κ2) is 5.30. The Morgan fingerprint density at radius 1 is 1.35 bits per heavy atom. The van der Waals surface area contributed by atoms with Crippen molar-refractivity contribution in [1.82, 2.24) is 19.7 Å². The van der Waals surface area contributed by atoms with Gasteiger partial charge in [0.25, 0.3) is 0 Å². The van der Waals surface area contributed by atoms with Crippen molar-refractivity contribution in [2.75, 3.05) is 0 Å². The Labute approximate surface area is 121 Å². The molecule has 0 aliphatic heterocycles. The van der Waals surface area contributed by atoms with Crippen LogP contribution < -0.4 is 5.73 Å². The van der Waals surface area contributed by atoms with Crippen molar-refractivity contribution in [3.63, 3.8) is 0 Å². The molecule has 0 saturated heterocycles. The standard InChI is InChI=1S/C14H17N5S/c1-9(2)19-14(17-8-18-19)6-11(15)10-5-13-12(16-7-10)3-4-20-13/h3-5,7-9,11H,6,15H2,1-2H3. The summed E-state index contributed by atoms with van der Waals surface area (Å²) in [7, 11) is 0. The molecule has 6 heteroatoms. The van der Waals surface area contributed by atoms with Crippen LogP contribution in [-0.4, -0.2) is 19.7 Å². The first kappa shape index (κ1) is 13.2. The third-order valence-corrected chi connectivity index (χ3v) is 4.14. The Bertz CT molecular complexity index is 715. The molecule has 3 aromatic heterocycles. The van der Waals surface area contributed by atoms with Crippen LogP contribution in [0.5, 0.6) is 0 Å². The van der Waals surface area contributed by atoms with E-state index in [0.29, 0.717) is 6.42 Å². The van der Waals surface area contributed by atoms with E-state index in [9.17, 15) is 0 Å². The van der Waals surface area contributed by atoms with Crippen molar-refractivity contribution in [2.45, 2.75) is 32.4 Å². The van der Waals surface area contributed by atoms with Crippen LogP contribution in [0.2, 0.25) is 0 Å². The van der Waals surface area contributed by atoms with Gasteiger partial charge >= 0.3 is 0 Å². The lowest BCUT2D eigenvalue weighted by atomic mass is 10.1. The van der Waals surface area contributed by atoms with Crippen molar-refractivity contribution < 1.29 is 0 Å². The van der Waals surface area contributed by atoms with Crippen LogP contribution in [0.1, 0.15) is 37.3 Å². The van der Waals surface area contributed by atoms with E-state index in [1.165, 1.54) is 4.70 Å². The molecule has 0 aromatic carbocycles. The molecule has 0 spiro atoms. The molecule has 0 aliphatic rings. The van der Waals surface area contributed by atoms with E-state index >= 15 is 0 Å². The zero-order valence-electron chi connectivity index (χ0n) is 11.5. The van der Waals surface area contributed by atoms with Crippen molar-refractivity contribution in [3.8, 4) is 0 Å². The number of hydrogen-bond acceptors (Lipinski definition) is 5. The van der Waals surface area contributed by atoms with E-state index < -0.39 is 0 Å². The van der Waals surface area contributed by atoms with Crippen LogP contribution in [0, 0.1) is 0 Å². The summed E-state index contributed by atoms with van der Waals surface area (Å²) < 4.78 is 3.08. The normalized spacial score (nSPS) is 13.2. The maximum absolute atomic E-state index is 6.30. The lowest BCUT2D eigenvalue weighted by Gasteiger charge is -2.14. The predicted octanol–water partition coefficient (Wildman–Crippen LogP) is 2.71. The Hall–Kier alpha value is -1.79. The van der Waals surface area contributed by atoms with Gasteiger partial charge in [0.2, 0.25) is 0 Å². The number of rotatable bonds is 4. The number of thiophene rings is 1. The molecule has 1 atom stereocenters. The topological polar surface area (TPSA) is 69.6 Å². The van der Waals surface area contributed by atoms with Crippen molar-refractivity contribution in [2.24, 2.45) is 5.73 Å². The predicted molar refractivity (Wildman–Crippen MR) is 80.7 cm³/mol. The van der Waals surface area contributed by atoms with Gasteiger partial charge in [0.15, 0.2) is 0 Å². The Balaban J connectivity index is 1.84. The van der Waals surface area contributed by atoms with Gasteiger partial charge in [0.05, 0.1) is 10.2 Å². The minimum Gasteiger partial charge on any atom is -0.324 e. The van der Waals surface area contributed by atoms with Gasteiger partial charge in [-0.3, -0.25) is 4.98 Å². The molecule has 104 valence electrons. The van der Waals surface area contributed by atoms with E-state index in [-0.39, 0.29) is 12.1 Å². The summed E-state index contributed by atoms with van der Waals surface area (Å²) in [6.07, 6.45) is 4.11. The SMILES string of the molecule is CC(C)n1ncnc1CC(N)c1cnc2ccsc2c1. The van der Waals surface area contributed by atoms with Crippen LogP contribution in [0.25, 0.3) is 10.2 Å². The van der Waals surface area contributed by atoms with Crippen molar-refractivity contribution in [3.05, 3.63) is 41.4 Å². The van der Waals surface area contributed by atoms with Gasteiger partial charge in [-0.25, -0.2) is 9.67 Å². The fraction of sp³-hybridized carbons (Fsp3) is 0.357. The maximum atomic E-state index is 6.30. The molecule has 5 nitrogen and oxygen atoms in total. The molecule has 0 amide bonds. The fourth-order valence-corrected chi connectivity index (χ4v) is 3.02. The summed E-state index contributed by atoms with van der Waals surface area (Å²) in [5.41, 5.74) is 8.36. The third-order valence-electron chi connectivity index (χ3n) is 3.29. The highest BCUT2D eigenvalue weighted by Gasteiger charge is 2.14. The molecule has 0 bridgehead atoms. The van der Waals surface area contributed by atoms with E-state index in [4.69, 9.17) is 5.73 Å². The summed E-state index contributed by atoms with van der Waals surface area (Å²) >= 11 is 1.68. The molecule has 0 aliphatic carbocycles. The summed E-state index contributed by atoms with van der Waals surface area (Å²) in [5, 5.41) is 6.28. The second-order valence-corrected chi connectivity index (χ2v) is 6.05. The number of aromatic nitrogens is 4. The van der Waals surface area contributed by atoms with E-state index in [1.807, 2.05) is 22.3 Å². The van der Waals surface area contributed by atoms with Crippen LogP contribution in [0.4, 0.5) is 0 Å². The number of pyridine rings is 1. The number of nitrogens with two attached hydrogens (primary N) is 1. The molecule has 2 N–H and O–H groups in total. The molecule has 1 unspecified atom stereocenters. The first-order valence-corrected chi connectivity index (χ1v) is 7.50. The van der Waals surface area contributed by atoms with Gasteiger partial charge in [-0.1, -0.05) is 0 Å². The monoisotopic (exact) mass is 287 g/mol. The lowest BCUT2D eigenvalue weighted by molar-refractivity contribution is 0.493. The molecule has 3 heterocycles. The number of nitrogens with zero attached hydrogens (tertiary/aromatic N) is 4. The van der Waals surface area contributed by atoms with Crippen LogP contribution in [0.3, 0.4) is 0 Å². The van der Waals surface area contributed by atoms with Gasteiger partial charge in [0.1, 0.15) is 12.2 Å². The largest absolute Gasteiger partial charge is 0.324 e. The molecule has 3 rings (SSSR count). The summed E-state index contributed by atoms with van der Waals surface area (Å²) in [5.74, 6) is 0.916. The highest BCUT2D eigenvalue weighted by Crippen LogP contribution is 2.23. The molecule has 20 heavy (non-hydrogen) atoms. The van der Waals surface area contributed by atoms with Crippen LogP contribution >= 0.6 is 11.3 Å².